The monoisotopic (exact) mass is 329 g/mol. The third kappa shape index (κ3) is 2.91. The van der Waals surface area contributed by atoms with Crippen molar-refractivity contribution in [1.82, 2.24) is 5.43 Å². The number of hydrogen-bond acceptors (Lipinski definition) is 5. The number of ether oxygens (including phenoxy) is 2. The first-order valence-corrected chi connectivity index (χ1v) is 8.65. The standard InChI is InChI=1S/C18H23N3O3/c1-13-12-16(22)19-20-17(13)14-2-4-15(5-3-14)21-8-6-18(7-9-21)23-10-11-24-18/h2-5,13H,6-12H2,1H3,(H,19,22). The van der Waals surface area contributed by atoms with Crippen molar-refractivity contribution in [2.75, 3.05) is 31.2 Å². The minimum Gasteiger partial charge on any atom is -0.371 e. The molecule has 4 rings (SSSR count). The summed E-state index contributed by atoms with van der Waals surface area (Å²) in [6, 6.07) is 8.45. The molecule has 0 bridgehead atoms. The predicted molar refractivity (Wildman–Crippen MR) is 91.0 cm³/mol. The van der Waals surface area contributed by atoms with Gasteiger partial charge in [-0.05, 0) is 17.7 Å². The molecule has 1 atom stereocenters. The second-order valence-corrected chi connectivity index (χ2v) is 6.78. The highest BCUT2D eigenvalue weighted by Gasteiger charge is 2.39. The van der Waals surface area contributed by atoms with Crippen LogP contribution in [0.3, 0.4) is 0 Å². The molecule has 1 N–H and O–H groups in total. The fourth-order valence-electron chi connectivity index (χ4n) is 3.74. The highest BCUT2D eigenvalue weighted by Crippen LogP contribution is 2.33. The number of amides is 1. The Hall–Kier alpha value is -1.92. The molecular weight excluding hydrogens is 306 g/mol. The average Bonchev–Trinajstić information content (AvgIpc) is 3.04. The van der Waals surface area contributed by atoms with E-state index in [0.29, 0.717) is 19.6 Å². The van der Waals surface area contributed by atoms with Gasteiger partial charge in [-0.3, -0.25) is 4.79 Å². The quantitative estimate of drug-likeness (QED) is 0.900. The average molecular weight is 329 g/mol. The Bertz CT molecular complexity index is 640. The van der Waals surface area contributed by atoms with Crippen LogP contribution >= 0.6 is 0 Å². The number of nitrogens with one attached hydrogen (secondary N) is 1. The van der Waals surface area contributed by atoms with E-state index in [4.69, 9.17) is 9.47 Å². The van der Waals surface area contributed by atoms with Crippen LogP contribution in [0, 0.1) is 5.92 Å². The van der Waals surface area contributed by atoms with Crippen LogP contribution in [-0.4, -0.2) is 43.7 Å². The fourth-order valence-corrected chi connectivity index (χ4v) is 3.74. The van der Waals surface area contributed by atoms with Gasteiger partial charge >= 0.3 is 0 Å². The SMILES string of the molecule is CC1CC(=O)NN=C1c1ccc(N2CCC3(CC2)OCCO3)cc1. The summed E-state index contributed by atoms with van der Waals surface area (Å²) in [5.74, 6) is -0.196. The van der Waals surface area contributed by atoms with E-state index < -0.39 is 0 Å². The first kappa shape index (κ1) is 15.6. The third-order valence-electron chi connectivity index (χ3n) is 5.13. The summed E-state index contributed by atoms with van der Waals surface area (Å²) in [6.45, 7) is 5.34. The van der Waals surface area contributed by atoms with Crippen LogP contribution in [0.1, 0.15) is 31.7 Å². The molecule has 3 aliphatic heterocycles. The van der Waals surface area contributed by atoms with E-state index in [0.717, 1.165) is 37.2 Å². The fraction of sp³-hybridized carbons (Fsp3) is 0.556. The van der Waals surface area contributed by atoms with Crippen molar-refractivity contribution < 1.29 is 14.3 Å². The summed E-state index contributed by atoms with van der Waals surface area (Å²) in [5.41, 5.74) is 5.81. The zero-order chi connectivity index (χ0) is 16.6. The minimum atomic E-state index is -0.332. The van der Waals surface area contributed by atoms with Crippen LogP contribution in [0.4, 0.5) is 5.69 Å². The van der Waals surface area contributed by atoms with Gasteiger partial charge in [-0.2, -0.15) is 5.10 Å². The van der Waals surface area contributed by atoms with Crippen LogP contribution in [0.25, 0.3) is 0 Å². The molecule has 1 unspecified atom stereocenters. The Balaban J connectivity index is 1.44. The van der Waals surface area contributed by atoms with E-state index in [2.05, 4.69) is 39.7 Å². The zero-order valence-electron chi connectivity index (χ0n) is 14.0. The maximum Gasteiger partial charge on any atom is 0.240 e. The van der Waals surface area contributed by atoms with Crippen molar-refractivity contribution >= 4 is 17.3 Å². The topological polar surface area (TPSA) is 63.2 Å². The van der Waals surface area contributed by atoms with Gasteiger partial charge in [-0.25, -0.2) is 5.43 Å². The first-order chi connectivity index (χ1) is 11.7. The smallest absolute Gasteiger partial charge is 0.240 e. The lowest BCUT2D eigenvalue weighted by molar-refractivity contribution is -0.169. The van der Waals surface area contributed by atoms with E-state index in [9.17, 15) is 4.79 Å². The molecule has 0 aromatic heterocycles. The number of nitrogens with zero attached hydrogens (tertiary/aromatic N) is 2. The Morgan fingerprint density at radius 1 is 1.17 bits per heavy atom. The highest BCUT2D eigenvalue weighted by molar-refractivity contribution is 6.05. The summed E-state index contributed by atoms with van der Waals surface area (Å²) in [5, 5.41) is 4.22. The Morgan fingerprint density at radius 3 is 2.46 bits per heavy atom. The van der Waals surface area contributed by atoms with E-state index in [1.807, 2.05) is 6.92 Å². The highest BCUT2D eigenvalue weighted by atomic mass is 16.7. The number of anilines is 1. The van der Waals surface area contributed by atoms with Gasteiger partial charge < -0.3 is 14.4 Å². The normalized spacial score (nSPS) is 26.4. The van der Waals surface area contributed by atoms with Crippen molar-refractivity contribution in [2.24, 2.45) is 11.0 Å². The molecule has 1 spiro atoms. The molecule has 1 amide bonds. The zero-order valence-corrected chi connectivity index (χ0v) is 14.0. The van der Waals surface area contributed by atoms with Gasteiger partial charge in [0.15, 0.2) is 5.79 Å². The number of carbonyl (C=O) groups is 1. The second-order valence-electron chi connectivity index (χ2n) is 6.78. The number of hydrogen-bond donors (Lipinski definition) is 1. The molecule has 1 aromatic rings. The van der Waals surface area contributed by atoms with Crippen LogP contribution in [0.15, 0.2) is 29.4 Å². The molecule has 2 saturated heterocycles. The van der Waals surface area contributed by atoms with Gasteiger partial charge in [0.05, 0.1) is 18.9 Å². The van der Waals surface area contributed by atoms with Crippen molar-refractivity contribution in [3.63, 3.8) is 0 Å². The summed E-state index contributed by atoms with van der Waals surface area (Å²) in [6.07, 6.45) is 2.31. The van der Waals surface area contributed by atoms with Crippen molar-refractivity contribution in [3.8, 4) is 0 Å². The van der Waals surface area contributed by atoms with Crippen LogP contribution in [0.5, 0.6) is 0 Å². The molecule has 0 saturated carbocycles. The molecule has 6 nitrogen and oxygen atoms in total. The number of benzene rings is 1. The van der Waals surface area contributed by atoms with Crippen molar-refractivity contribution in [1.29, 1.82) is 0 Å². The second kappa shape index (κ2) is 6.18. The van der Waals surface area contributed by atoms with Crippen molar-refractivity contribution in [3.05, 3.63) is 29.8 Å². The molecule has 3 heterocycles. The predicted octanol–water partition coefficient (Wildman–Crippen LogP) is 1.89. The summed E-state index contributed by atoms with van der Waals surface area (Å²) >= 11 is 0. The maximum atomic E-state index is 11.4. The van der Waals surface area contributed by atoms with Gasteiger partial charge in [0.25, 0.3) is 0 Å². The largest absolute Gasteiger partial charge is 0.371 e. The van der Waals surface area contributed by atoms with Gasteiger partial charge in [-0.15, -0.1) is 0 Å². The van der Waals surface area contributed by atoms with Crippen LogP contribution in [-0.2, 0) is 14.3 Å². The van der Waals surface area contributed by atoms with Gasteiger partial charge in [0, 0.05) is 44.0 Å². The number of hydrazone groups is 1. The first-order valence-electron chi connectivity index (χ1n) is 8.65. The molecule has 2 fully saturated rings. The molecule has 3 aliphatic rings. The van der Waals surface area contributed by atoms with E-state index in [1.54, 1.807) is 0 Å². The number of rotatable bonds is 2. The lowest BCUT2D eigenvalue weighted by atomic mass is 9.94. The Labute approximate surface area is 141 Å². The van der Waals surface area contributed by atoms with Gasteiger partial charge in [-0.1, -0.05) is 19.1 Å². The molecule has 128 valence electrons. The molecule has 24 heavy (non-hydrogen) atoms. The van der Waals surface area contributed by atoms with Crippen LogP contribution in [0.2, 0.25) is 0 Å². The Kier molecular flexibility index (Phi) is 4.02. The lowest BCUT2D eigenvalue weighted by Crippen LogP contribution is -2.45. The summed E-state index contributed by atoms with van der Waals surface area (Å²) in [7, 11) is 0. The Morgan fingerprint density at radius 2 is 1.83 bits per heavy atom. The minimum absolute atomic E-state index is 0.0125. The van der Waals surface area contributed by atoms with E-state index in [1.165, 1.54) is 5.69 Å². The summed E-state index contributed by atoms with van der Waals surface area (Å²) in [4.78, 5) is 13.7. The maximum absolute atomic E-state index is 11.4. The molecule has 1 aromatic carbocycles. The van der Waals surface area contributed by atoms with E-state index in [-0.39, 0.29) is 17.6 Å². The summed E-state index contributed by atoms with van der Waals surface area (Å²) < 4.78 is 11.6. The third-order valence-corrected chi connectivity index (χ3v) is 5.13. The number of piperidine rings is 1. The number of carbonyl (C=O) groups excluding carboxylic acids is 1. The lowest BCUT2D eigenvalue weighted by Gasteiger charge is -2.38. The molecular formula is C18H23N3O3. The van der Waals surface area contributed by atoms with Crippen molar-refractivity contribution in [2.45, 2.75) is 32.0 Å². The molecule has 0 aliphatic carbocycles. The van der Waals surface area contributed by atoms with E-state index >= 15 is 0 Å². The molecule has 0 radical (unpaired) electrons. The van der Waals surface area contributed by atoms with Gasteiger partial charge in [0.2, 0.25) is 5.91 Å². The van der Waals surface area contributed by atoms with Gasteiger partial charge in [0.1, 0.15) is 0 Å². The van der Waals surface area contributed by atoms with Crippen LogP contribution < -0.4 is 10.3 Å². The molecule has 6 heteroatoms.